The van der Waals surface area contributed by atoms with Gasteiger partial charge in [0.15, 0.2) is 0 Å². The Morgan fingerprint density at radius 2 is 0.873 bits per heavy atom. The van der Waals surface area contributed by atoms with Crippen LogP contribution in [0.5, 0.6) is 0 Å². The van der Waals surface area contributed by atoms with E-state index in [1.54, 1.807) is 0 Å². The normalized spacial score (nSPS) is 12.2. The van der Waals surface area contributed by atoms with Gasteiger partial charge >= 0.3 is 0 Å². The van der Waals surface area contributed by atoms with E-state index in [2.05, 4.69) is 197 Å². The highest BCUT2D eigenvalue weighted by molar-refractivity contribution is 6.29. The van der Waals surface area contributed by atoms with Crippen molar-refractivity contribution in [2.75, 3.05) is 0 Å². The summed E-state index contributed by atoms with van der Waals surface area (Å²) in [4.78, 5) is 14.1. The van der Waals surface area contributed by atoms with Gasteiger partial charge in [-0.3, -0.25) is 9.20 Å². The fraction of sp³-hybridized carbons (Fsp3) is 0. The second-order valence-corrected chi connectivity index (χ2v) is 16.8. The largest absolute Gasteiger partial charge is 0.309 e. The van der Waals surface area contributed by atoms with Gasteiger partial charge in [-0.25, -0.2) is 0 Å². The molecule has 0 aliphatic carbocycles. The highest BCUT2D eigenvalue weighted by atomic mass is 16.1. The minimum atomic E-state index is 0.0233. The molecule has 0 saturated heterocycles. The number of pyridine rings is 1. The first-order chi connectivity index (χ1) is 31.2. The fourth-order valence-corrected chi connectivity index (χ4v) is 10.9. The van der Waals surface area contributed by atoms with E-state index in [-0.39, 0.29) is 5.56 Å². The number of fused-ring (bicyclic) bond motifs is 13. The highest BCUT2D eigenvalue weighted by Gasteiger charge is 2.21. The minimum Gasteiger partial charge on any atom is -0.309 e. The second-order valence-electron chi connectivity index (χ2n) is 16.8. The Morgan fingerprint density at radius 3 is 1.63 bits per heavy atom. The molecule has 0 aliphatic rings. The first-order valence-electron chi connectivity index (χ1n) is 21.6. The van der Waals surface area contributed by atoms with Crippen molar-refractivity contribution in [1.82, 2.24) is 13.5 Å². The molecule has 0 radical (unpaired) electrons. The van der Waals surface area contributed by atoms with E-state index >= 15 is 0 Å². The molecule has 0 aliphatic heterocycles. The monoisotopic (exact) mass is 801 g/mol. The SMILES string of the molecule is O=c1c2ccc(-c3cccc(-c4cccc5cc(-n6c7ccccc7c7c8c9ccccc9n(-c9ccccc9)c8ccc76)ccc45)c3)cc2c2cccc3c4ccccc4n1c23. The van der Waals surface area contributed by atoms with Gasteiger partial charge in [0.05, 0.1) is 33.1 Å². The summed E-state index contributed by atoms with van der Waals surface area (Å²) < 4.78 is 6.74. The van der Waals surface area contributed by atoms with Crippen molar-refractivity contribution in [3.8, 4) is 33.6 Å². The van der Waals surface area contributed by atoms with E-state index in [0.29, 0.717) is 0 Å². The summed E-state index contributed by atoms with van der Waals surface area (Å²) in [5.74, 6) is 0. The van der Waals surface area contributed by atoms with Crippen LogP contribution in [0.25, 0.3) is 126 Å². The van der Waals surface area contributed by atoms with E-state index in [1.807, 2.05) is 28.7 Å². The average molecular weight is 802 g/mol. The third-order valence-corrected chi connectivity index (χ3v) is 13.6. The van der Waals surface area contributed by atoms with Crippen molar-refractivity contribution < 1.29 is 0 Å². The predicted molar refractivity (Wildman–Crippen MR) is 264 cm³/mol. The Labute approximate surface area is 360 Å². The molecule has 4 heterocycles. The molecule has 0 saturated carbocycles. The fourth-order valence-electron chi connectivity index (χ4n) is 10.9. The van der Waals surface area contributed by atoms with Gasteiger partial charge in [0.25, 0.3) is 5.56 Å². The number of rotatable bonds is 4. The quantitative estimate of drug-likeness (QED) is 0.163. The molecule has 14 rings (SSSR count). The van der Waals surface area contributed by atoms with Crippen LogP contribution in [0, 0.1) is 0 Å². The Kier molecular flexibility index (Phi) is 6.95. The molecule has 4 heteroatoms. The van der Waals surface area contributed by atoms with Crippen molar-refractivity contribution in [1.29, 1.82) is 0 Å². The summed E-state index contributed by atoms with van der Waals surface area (Å²) in [6.45, 7) is 0. The molecule has 0 bridgehead atoms. The maximum atomic E-state index is 14.1. The van der Waals surface area contributed by atoms with Crippen molar-refractivity contribution in [3.63, 3.8) is 0 Å². The van der Waals surface area contributed by atoms with Crippen LogP contribution >= 0.6 is 0 Å². The van der Waals surface area contributed by atoms with Crippen LogP contribution in [0.3, 0.4) is 0 Å². The molecule has 63 heavy (non-hydrogen) atoms. The van der Waals surface area contributed by atoms with Crippen LogP contribution in [-0.2, 0) is 0 Å². The molecule has 292 valence electrons. The van der Waals surface area contributed by atoms with Gasteiger partial charge in [-0.2, -0.15) is 0 Å². The Balaban J connectivity index is 0.913. The zero-order valence-electron chi connectivity index (χ0n) is 34.0. The molecule has 0 N–H and O–H groups in total. The topological polar surface area (TPSA) is 31.3 Å². The Morgan fingerprint density at radius 1 is 0.302 bits per heavy atom. The van der Waals surface area contributed by atoms with Gasteiger partial charge in [-0.1, -0.05) is 140 Å². The van der Waals surface area contributed by atoms with Crippen LogP contribution in [-0.4, -0.2) is 13.5 Å². The van der Waals surface area contributed by atoms with Gasteiger partial charge in [0.2, 0.25) is 0 Å². The summed E-state index contributed by atoms with van der Waals surface area (Å²) in [6.07, 6.45) is 0. The summed E-state index contributed by atoms with van der Waals surface area (Å²) in [5.41, 5.74) is 13.6. The lowest BCUT2D eigenvalue weighted by Gasteiger charge is -2.13. The zero-order chi connectivity index (χ0) is 41.3. The van der Waals surface area contributed by atoms with Crippen molar-refractivity contribution in [2.24, 2.45) is 0 Å². The van der Waals surface area contributed by atoms with Gasteiger partial charge < -0.3 is 9.13 Å². The maximum Gasteiger partial charge on any atom is 0.263 e. The third-order valence-electron chi connectivity index (χ3n) is 13.6. The number of hydrogen-bond donors (Lipinski definition) is 0. The molecule has 4 aromatic heterocycles. The van der Waals surface area contributed by atoms with E-state index in [1.165, 1.54) is 59.9 Å². The van der Waals surface area contributed by atoms with Gasteiger partial charge in [0.1, 0.15) is 0 Å². The number of para-hydroxylation sites is 5. The van der Waals surface area contributed by atoms with Crippen LogP contribution in [0.2, 0.25) is 0 Å². The van der Waals surface area contributed by atoms with Gasteiger partial charge in [0, 0.05) is 54.5 Å². The third kappa shape index (κ3) is 4.72. The number of aromatic nitrogens is 3. The molecule has 14 aromatic rings. The molecule has 10 aromatic carbocycles. The minimum absolute atomic E-state index is 0.0233. The van der Waals surface area contributed by atoms with Gasteiger partial charge in [-0.15, -0.1) is 0 Å². The highest BCUT2D eigenvalue weighted by Crippen LogP contribution is 2.43. The molecule has 0 amide bonds. The van der Waals surface area contributed by atoms with Gasteiger partial charge in [-0.05, 0) is 111 Å². The van der Waals surface area contributed by atoms with E-state index in [9.17, 15) is 4.79 Å². The van der Waals surface area contributed by atoms with Crippen molar-refractivity contribution in [2.45, 2.75) is 0 Å². The second kappa shape index (κ2) is 12.8. The molecule has 0 atom stereocenters. The van der Waals surface area contributed by atoms with Crippen LogP contribution < -0.4 is 5.56 Å². The molecule has 0 unspecified atom stereocenters. The number of hydrogen-bond acceptors (Lipinski definition) is 1. The standard InChI is InChI=1S/C59H35N3O/c63-59-47-29-27-37(35-50(47)46-23-12-22-45-44-18-4-7-24-51(44)62(59)58(45)46)36-13-10-14-38(33-36)42-21-11-15-39-34-41(28-30-43(39)42)61-53-26-9-6-20-49(53)57-55(61)32-31-54-56(57)48-19-5-8-25-52(48)60(54)40-16-2-1-3-17-40/h1-35H. The smallest absolute Gasteiger partial charge is 0.263 e. The summed E-state index contributed by atoms with van der Waals surface area (Å²) in [7, 11) is 0. The summed E-state index contributed by atoms with van der Waals surface area (Å²) in [6, 6.07) is 76.2. The summed E-state index contributed by atoms with van der Waals surface area (Å²) in [5, 5.41) is 12.4. The molecular formula is C59H35N3O. The van der Waals surface area contributed by atoms with Crippen LogP contribution in [0.1, 0.15) is 0 Å². The van der Waals surface area contributed by atoms with E-state index < -0.39 is 0 Å². The lowest BCUT2D eigenvalue weighted by molar-refractivity contribution is 1.17. The lowest BCUT2D eigenvalue weighted by atomic mass is 9.94. The Bertz CT molecular complexity index is 4280. The lowest BCUT2D eigenvalue weighted by Crippen LogP contribution is -2.12. The van der Waals surface area contributed by atoms with Crippen LogP contribution in [0.15, 0.2) is 217 Å². The summed E-state index contributed by atoms with van der Waals surface area (Å²) >= 11 is 0. The van der Waals surface area contributed by atoms with E-state index in [0.717, 1.165) is 66.0 Å². The predicted octanol–water partition coefficient (Wildman–Crippen LogP) is 14.9. The molecular weight excluding hydrogens is 767 g/mol. The molecule has 0 spiro atoms. The first kappa shape index (κ1) is 34.3. The van der Waals surface area contributed by atoms with E-state index in [4.69, 9.17) is 0 Å². The zero-order valence-corrected chi connectivity index (χ0v) is 34.0. The number of nitrogens with zero attached hydrogens (tertiary/aromatic N) is 3. The maximum absolute atomic E-state index is 14.1. The first-order valence-corrected chi connectivity index (χ1v) is 21.6. The molecule has 0 fully saturated rings. The molecule has 4 nitrogen and oxygen atoms in total. The van der Waals surface area contributed by atoms with Crippen molar-refractivity contribution >= 4 is 92.3 Å². The van der Waals surface area contributed by atoms with Crippen molar-refractivity contribution in [3.05, 3.63) is 223 Å². The number of benzene rings is 10. The average Bonchev–Trinajstić information content (AvgIpc) is 3.99. The Hall–Kier alpha value is -8.47. The van der Waals surface area contributed by atoms with Crippen LogP contribution in [0.4, 0.5) is 0 Å².